The Labute approximate surface area is 143 Å². The zero-order valence-electron chi connectivity index (χ0n) is 14.6. The molecule has 5 nitrogen and oxygen atoms in total. The van der Waals surface area contributed by atoms with E-state index in [9.17, 15) is 4.39 Å². The summed E-state index contributed by atoms with van der Waals surface area (Å²) >= 11 is 0. The predicted octanol–water partition coefficient (Wildman–Crippen LogP) is 2.44. The van der Waals surface area contributed by atoms with Gasteiger partial charge in [-0.25, -0.2) is 4.39 Å². The molecule has 130 valence electrons. The largest absolute Gasteiger partial charge is 0.357 e. The van der Waals surface area contributed by atoms with Crippen LogP contribution in [-0.2, 0) is 13.0 Å². The summed E-state index contributed by atoms with van der Waals surface area (Å²) in [6, 6.07) is 4.90. The molecule has 1 aromatic heterocycles. The van der Waals surface area contributed by atoms with Crippen molar-refractivity contribution in [3.63, 3.8) is 0 Å². The van der Waals surface area contributed by atoms with E-state index >= 15 is 0 Å². The molecule has 0 aliphatic carbocycles. The third kappa shape index (κ3) is 5.68. The summed E-state index contributed by atoms with van der Waals surface area (Å²) in [7, 11) is 0. The second-order valence-electron chi connectivity index (χ2n) is 5.79. The van der Waals surface area contributed by atoms with E-state index in [0.29, 0.717) is 6.54 Å². The number of guanidine groups is 1. The van der Waals surface area contributed by atoms with Crippen molar-refractivity contribution < 1.29 is 4.39 Å². The number of aromatic nitrogens is 2. The number of halogens is 1. The van der Waals surface area contributed by atoms with Gasteiger partial charge < -0.3 is 10.6 Å². The van der Waals surface area contributed by atoms with Crippen molar-refractivity contribution in [1.29, 1.82) is 0 Å². The molecule has 6 heteroatoms. The van der Waals surface area contributed by atoms with Gasteiger partial charge in [-0.1, -0.05) is 6.07 Å². The summed E-state index contributed by atoms with van der Waals surface area (Å²) in [5, 5.41) is 10.8. The normalized spacial score (nSPS) is 11.6. The summed E-state index contributed by atoms with van der Waals surface area (Å²) in [6.45, 7) is 9.00. The van der Waals surface area contributed by atoms with Crippen LogP contribution in [0.4, 0.5) is 4.39 Å². The Morgan fingerprint density at radius 1 is 1.29 bits per heavy atom. The maximum absolute atomic E-state index is 13.1. The van der Waals surface area contributed by atoms with Gasteiger partial charge in [0.15, 0.2) is 5.96 Å². The van der Waals surface area contributed by atoms with Gasteiger partial charge >= 0.3 is 0 Å². The monoisotopic (exact) mass is 331 g/mol. The van der Waals surface area contributed by atoms with Crippen LogP contribution in [0.3, 0.4) is 0 Å². The van der Waals surface area contributed by atoms with E-state index in [1.165, 1.54) is 6.07 Å². The fourth-order valence-electron chi connectivity index (χ4n) is 2.45. The lowest BCUT2D eigenvalue weighted by molar-refractivity contribution is 0.597. The third-order valence-electron chi connectivity index (χ3n) is 3.70. The molecule has 0 radical (unpaired) electrons. The van der Waals surface area contributed by atoms with E-state index in [-0.39, 0.29) is 5.82 Å². The lowest BCUT2D eigenvalue weighted by Gasteiger charge is -2.11. The molecule has 0 aliphatic heterocycles. The summed E-state index contributed by atoms with van der Waals surface area (Å²) in [6.07, 6.45) is 4.66. The summed E-state index contributed by atoms with van der Waals surface area (Å²) in [5.41, 5.74) is 3.26. The Morgan fingerprint density at radius 2 is 2.12 bits per heavy atom. The molecule has 0 saturated carbocycles. The Hall–Kier alpha value is -2.37. The van der Waals surface area contributed by atoms with Crippen LogP contribution in [0, 0.1) is 19.7 Å². The van der Waals surface area contributed by atoms with Crippen LogP contribution < -0.4 is 10.6 Å². The second kappa shape index (κ2) is 9.05. The van der Waals surface area contributed by atoms with Crippen LogP contribution >= 0.6 is 0 Å². The molecule has 1 aromatic carbocycles. The fraction of sp³-hybridized carbons (Fsp3) is 0.444. The average molecular weight is 331 g/mol. The number of aryl methyl sites for hydroxylation is 2. The van der Waals surface area contributed by atoms with Crippen molar-refractivity contribution in [2.24, 2.45) is 4.99 Å². The van der Waals surface area contributed by atoms with Gasteiger partial charge in [-0.3, -0.25) is 9.67 Å². The number of nitrogens with one attached hydrogen (secondary N) is 2. The quantitative estimate of drug-likeness (QED) is 0.605. The number of hydrogen-bond acceptors (Lipinski definition) is 2. The number of rotatable bonds is 7. The second-order valence-corrected chi connectivity index (χ2v) is 5.79. The molecule has 2 N–H and O–H groups in total. The first-order valence-electron chi connectivity index (χ1n) is 8.34. The highest BCUT2D eigenvalue weighted by Crippen LogP contribution is 2.10. The van der Waals surface area contributed by atoms with Gasteiger partial charge in [0.2, 0.25) is 0 Å². The number of benzene rings is 1. The van der Waals surface area contributed by atoms with Gasteiger partial charge in [0.25, 0.3) is 0 Å². The fourth-order valence-corrected chi connectivity index (χ4v) is 2.45. The molecule has 0 bridgehead atoms. The molecule has 0 unspecified atom stereocenters. The molecule has 2 aromatic rings. The van der Waals surface area contributed by atoms with Gasteiger partial charge in [-0.05, 0) is 56.0 Å². The average Bonchev–Trinajstić information content (AvgIpc) is 2.95. The minimum absolute atomic E-state index is 0.191. The van der Waals surface area contributed by atoms with Crippen molar-refractivity contribution in [3.8, 4) is 0 Å². The highest BCUT2D eigenvalue weighted by Gasteiger charge is 2.01. The third-order valence-corrected chi connectivity index (χ3v) is 3.70. The van der Waals surface area contributed by atoms with E-state index in [0.717, 1.165) is 48.7 Å². The first-order valence-corrected chi connectivity index (χ1v) is 8.34. The van der Waals surface area contributed by atoms with Gasteiger partial charge in [0.1, 0.15) is 5.82 Å². The molecule has 0 fully saturated rings. The maximum Gasteiger partial charge on any atom is 0.191 e. The molecule has 0 spiro atoms. The summed E-state index contributed by atoms with van der Waals surface area (Å²) in [5.74, 6) is 0.602. The number of nitrogens with zero attached hydrogens (tertiary/aromatic N) is 3. The van der Waals surface area contributed by atoms with E-state index in [2.05, 4.69) is 20.7 Å². The smallest absolute Gasteiger partial charge is 0.191 e. The first-order chi connectivity index (χ1) is 11.6. The molecule has 2 rings (SSSR count). The van der Waals surface area contributed by atoms with Crippen LogP contribution in [-0.4, -0.2) is 35.4 Å². The lowest BCUT2D eigenvalue weighted by Crippen LogP contribution is -2.39. The Balaban J connectivity index is 1.83. The summed E-state index contributed by atoms with van der Waals surface area (Å²) in [4.78, 5) is 4.58. The minimum Gasteiger partial charge on any atom is -0.357 e. The van der Waals surface area contributed by atoms with Crippen molar-refractivity contribution in [2.75, 3.05) is 19.6 Å². The Morgan fingerprint density at radius 3 is 2.79 bits per heavy atom. The maximum atomic E-state index is 13.1. The van der Waals surface area contributed by atoms with Crippen LogP contribution in [0.25, 0.3) is 0 Å². The van der Waals surface area contributed by atoms with Crippen LogP contribution in [0.1, 0.15) is 23.6 Å². The molecular weight excluding hydrogens is 305 g/mol. The number of hydrogen-bond donors (Lipinski definition) is 2. The molecule has 1 heterocycles. The molecule has 0 aliphatic rings. The van der Waals surface area contributed by atoms with E-state index in [1.807, 2.05) is 43.9 Å². The standard InChI is InChI=1S/C18H26FN5/c1-4-20-18(22-9-10-24-13-14(2)12-23-24)21-8-7-16-5-6-17(19)11-15(16)3/h5-6,11-13H,4,7-10H2,1-3H3,(H2,20,21,22). The highest BCUT2D eigenvalue weighted by molar-refractivity contribution is 5.79. The lowest BCUT2D eigenvalue weighted by atomic mass is 10.1. The van der Waals surface area contributed by atoms with E-state index in [4.69, 9.17) is 0 Å². The van der Waals surface area contributed by atoms with Gasteiger partial charge in [-0.2, -0.15) is 5.10 Å². The van der Waals surface area contributed by atoms with Crippen LogP contribution in [0.15, 0.2) is 35.6 Å². The van der Waals surface area contributed by atoms with Gasteiger partial charge in [0, 0.05) is 25.8 Å². The Bertz CT molecular complexity index is 678. The molecule has 0 amide bonds. The Kier molecular flexibility index (Phi) is 6.78. The summed E-state index contributed by atoms with van der Waals surface area (Å²) < 4.78 is 15.0. The topological polar surface area (TPSA) is 54.2 Å². The zero-order valence-corrected chi connectivity index (χ0v) is 14.6. The zero-order chi connectivity index (χ0) is 17.4. The molecule has 0 saturated heterocycles. The SMILES string of the molecule is CCNC(=NCCc1ccc(F)cc1C)NCCn1cc(C)cn1. The molecule has 24 heavy (non-hydrogen) atoms. The first kappa shape index (κ1) is 18.0. The van der Waals surface area contributed by atoms with Crippen molar-refractivity contribution >= 4 is 5.96 Å². The van der Waals surface area contributed by atoms with Crippen LogP contribution in [0.5, 0.6) is 0 Å². The molecular formula is C18H26FN5. The van der Waals surface area contributed by atoms with Crippen molar-refractivity contribution in [2.45, 2.75) is 33.7 Å². The van der Waals surface area contributed by atoms with Gasteiger partial charge in [-0.15, -0.1) is 0 Å². The highest BCUT2D eigenvalue weighted by atomic mass is 19.1. The van der Waals surface area contributed by atoms with E-state index < -0.39 is 0 Å². The predicted molar refractivity (Wildman–Crippen MR) is 95.8 cm³/mol. The van der Waals surface area contributed by atoms with E-state index in [1.54, 1.807) is 6.07 Å². The van der Waals surface area contributed by atoms with Crippen molar-refractivity contribution in [3.05, 3.63) is 53.1 Å². The van der Waals surface area contributed by atoms with Crippen molar-refractivity contribution in [1.82, 2.24) is 20.4 Å². The minimum atomic E-state index is -0.191. The van der Waals surface area contributed by atoms with Gasteiger partial charge in [0.05, 0.1) is 12.7 Å². The molecule has 0 atom stereocenters. The number of aliphatic imine (C=N–C) groups is 1. The van der Waals surface area contributed by atoms with Crippen LogP contribution in [0.2, 0.25) is 0 Å².